The van der Waals surface area contributed by atoms with Gasteiger partial charge in [0.25, 0.3) is 6.43 Å². The molecule has 0 aliphatic heterocycles. The molecule has 0 aliphatic carbocycles. The van der Waals surface area contributed by atoms with Gasteiger partial charge in [0, 0.05) is 44.8 Å². The fourth-order valence-corrected chi connectivity index (χ4v) is 2.36. The number of hydrogen-bond acceptors (Lipinski definition) is 2. The van der Waals surface area contributed by atoms with Gasteiger partial charge in [0.2, 0.25) is 5.56 Å². The largest absolute Gasteiger partial charge is 0.489 e. The third-order valence-corrected chi connectivity index (χ3v) is 3.56. The summed E-state index contributed by atoms with van der Waals surface area (Å²) in [5.41, 5.74) is -1.88. The molecule has 0 unspecified atom stereocenters. The molecule has 0 aliphatic rings. The molecule has 0 saturated carbocycles. The van der Waals surface area contributed by atoms with Gasteiger partial charge in [-0.15, -0.1) is 15.9 Å². The first-order valence-corrected chi connectivity index (χ1v) is 7.46. The number of rotatable bonds is 6. The van der Waals surface area contributed by atoms with Crippen molar-refractivity contribution in [3.05, 3.63) is 63.4 Å². The molecule has 1 aromatic carbocycles. The summed E-state index contributed by atoms with van der Waals surface area (Å²) in [5.74, 6) is -2.21. The van der Waals surface area contributed by atoms with Crippen molar-refractivity contribution in [2.45, 2.75) is 13.0 Å². The van der Waals surface area contributed by atoms with Crippen LogP contribution in [-0.2, 0) is 39.3 Å². The van der Waals surface area contributed by atoms with E-state index in [0.717, 1.165) is 18.2 Å². The monoisotopic (exact) mass is 493 g/mol. The molecule has 1 heterocycles. The van der Waals surface area contributed by atoms with Gasteiger partial charge in [-0.2, -0.15) is 12.1 Å². The third-order valence-electron chi connectivity index (χ3n) is 3.00. The van der Waals surface area contributed by atoms with Crippen LogP contribution < -0.4 is 10.3 Å². The number of benzene rings is 1. The molecule has 9 heteroatoms. The smallest absolute Gasteiger partial charge is 0.256 e. The zero-order valence-corrected chi connectivity index (χ0v) is 17.2. The van der Waals surface area contributed by atoms with Crippen LogP contribution in [0.3, 0.4) is 0 Å². The Morgan fingerprint density at radius 2 is 1.92 bits per heavy atom. The molecule has 0 bridgehead atoms. The predicted octanol–water partition coefficient (Wildman–Crippen LogP) is 4.18. The maximum Gasteiger partial charge on any atom is 0.256 e. The van der Waals surface area contributed by atoms with Crippen molar-refractivity contribution in [2.75, 3.05) is 6.61 Å². The van der Waals surface area contributed by atoms with Gasteiger partial charge in [0.05, 0.1) is 18.2 Å². The Morgan fingerprint density at radius 1 is 1.32 bits per heavy atom. The maximum atomic E-state index is 14.3. The zero-order valence-electron chi connectivity index (χ0n) is 12.7. The Morgan fingerprint density at radius 3 is 2.44 bits per heavy atom. The minimum Gasteiger partial charge on any atom is -0.489 e. The summed E-state index contributed by atoms with van der Waals surface area (Å²) < 4.78 is 59.6. The van der Waals surface area contributed by atoms with Crippen LogP contribution in [0.4, 0.5) is 17.6 Å². The summed E-state index contributed by atoms with van der Waals surface area (Å²) in [6.45, 7) is 2.44. The van der Waals surface area contributed by atoms with Crippen LogP contribution in [0.2, 0.25) is 0 Å². The molecule has 0 fully saturated rings. The first-order valence-electron chi connectivity index (χ1n) is 6.67. The van der Waals surface area contributed by atoms with Crippen molar-refractivity contribution in [1.82, 2.24) is 4.57 Å². The van der Waals surface area contributed by atoms with Crippen molar-refractivity contribution in [2.24, 2.45) is 0 Å². The van der Waals surface area contributed by atoms with Gasteiger partial charge in [0.15, 0.2) is 0 Å². The normalized spacial score (nSPS) is 10.5. The molecule has 2 aromatic rings. The second-order valence-corrected chi connectivity index (χ2v) is 5.51. The van der Waals surface area contributed by atoms with Crippen molar-refractivity contribution in [3.8, 4) is 17.0 Å². The number of nitrogens with zero attached hydrogens (tertiary/aromatic N) is 1. The molecule has 25 heavy (non-hydrogen) atoms. The predicted molar refractivity (Wildman–Crippen MR) is 84.3 cm³/mol. The van der Waals surface area contributed by atoms with Crippen molar-refractivity contribution < 1.29 is 55.0 Å². The minimum absolute atomic E-state index is 0. The molecule has 1 aromatic heterocycles. The van der Waals surface area contributed by atoms with Crippen LogP contribution in [0, 0.1) is 17.7 Å². The van der Waals surface area contributed by atoms with Gasteiger partial charge < -0.3 is 9.30 Å². The first-order chi connectivity index (χ1) is 11.3. The van der Waals surface area contributed by atoms with Gasteiger partial charge in [0.1, 0.15) is 12.4 Å². The molecule has 0 amide bonds. The minimum atomic E-state index is -2.88. The molecular formula is C16H11BrF4NO2Y-. The van der Waals surface area contributed by atoms with E-state index in [1.807, 2.05) is 0 Å². The van der Waals surface area contributed by atoms with Crippen molar-refractivity contribution in [3.63, 3.8) is 0 Å². The third kappa shape index (κ3) is 5.25. The van der Waals surface area contributed by atoms with Gasteiger partial charge in [-0.3, -0.25) is 4.79 Å². The zero-order chi connectivity index (χ0) is 17.9. The van der Waals surface area contributed by atoms with Crippen LogP contribution in [0.5, 0.6) is 5.75 Å². The summed E-state index contributed by atoms with van der Waals surface area (Å²) in [7, 11) is 0. The van der Waals surface area contributed by atoms with Crippen LogP contribution >= 0.6 is 15.9 Å². The van der Waals surface area contributed by atoms with Crippen LogP contribution in [-0.4, -0.2) is 17.6 Å². The molecule has 3 nitrogen and oxygen atoms in total. The van der Waals surface area contributed by atoms with Gasteiger partial charge in [-0.1, -0.05) is 18.3 Å². The Balaban J connectivity index is 0.00000312. The van der Waals surface area contributed by atoms with E-state index in [1.165, 1.54) is 6.08 Å². The van der Waals surface area contributed by atoms with E-state index in [9.17, 15) is 22.4 Å². The standard InChI is InChI=1S/C16H11BrF4NO2.Y/c1-2-5-24-9-6-11(18)15(12(19)7-9)13-4-3-10(17)16(23)22(13)8-14(20)21;/h2-3,6-7,14H,1,5,8H2;/q-1;. The molecule has 0 saturated heterocycles. The van der Waals surface area contributed by atoms with Crippen molar-refractivity contribution >= 4 is 15.9 Å². The Bertz CT molecular complexity index is 803. The molecule has 0 atom stereocenters. The van der Waals surface area contributed by atoms with Crippen LogP contribution in [0.1, 0.15) is 0 Å². The maximum absolute atomic E-state index is 14.3. The topological polar surface area (TPSA) is 31.2 Å². The second-order valence-electron chi connectivity index (χ2n) is 4.65. The molecular weight excluding hydrogens is 483 g/mol. The Kier molecular flexibility index (Phi) is 8.50. The number of pyridine rings is 1. The molecule has 0 spiro atoms. The number of aromatic nitrogens is 1. The average Bonchev–Trinajstić information content (AvgIpc) is 2.51. The van der Waals surface area contributed by atoms with E-state index in [1.54, 1.807) is 0 Å². The fraction of sp³-hybridized carbons (Fsp3) is 0.188. The number of halogens is 5. The summed E-state index contributed by atoms with van der Waals surface area (Å²) in [5, 5.41) is 0. The van der Waals surface area contributed by atoms with E-state index in [4.69, 9.17) is 4.74 Å². The average molecular weight is 494 g/mol. The molecule has 2 rings (SSSR count). The van der Waals surface area contributed by atoms with Crippen LogP contribution in [0.15, 0.2) is 40.1 Å². The molecule has 131 valence electrons. The summed E-state index contributed by atoms with van der Waals surface area (Å²) in [6.07, 6.45) is -1.49. The second kappa shape index (κ2) is 9.64. The summed E-state index contributed by atoms with van der Waals surface area (Å²) in [4.78, 5) is 12.0. The Hall–Kier alpha value is -0.986. The van der Waals surface area contributed by atoms with E-state index >= 15 is 0 Å². The van der Waals surface area contributed by atoms with E-state index in [2.05, 4.69) is 28.6 Å². The van der Waals surface area contributed by atoms with Crippen molar-refractivity contribution in [1.29, 1.82) is 0 Å². The fourth-order valence-electron chi connectivity index (χ4n) is 2.04. The van der Waals surface area contributed by atoms with E-state index < -0.39 is 41.4 Å². The number of hydrogen-bond donors (Lipinski definition) is 0. The van der Waals surface area contributed by atoms with Gasteiger partial charge in [-0.05, 0) is 10.0 Å². The summed E-state index contributed by atoms with van der Waals surface area (Å²) >= 11 is 2.89. The quantitative estimate of drug-likeness (QED) is 0.343. The Labute approximate surface area is 174 Å². The first kappa shape index (κ1) is 22.1. The molecule has 0 N–H and O–H groups in total. The number of alkyl halides is 2. The van der Waals surface area contributed by atoms with Gasteiger partial charge in [-0.25, -0.2) is 17.6 Å². The SMILES string of the molecule is C=CCOc1cc(F)c(-c2[c-]cc(Br)c(=O)n2CC(F)F)c(F)c1.[Y]. The molecule has 1 radical (unpaired) electrons. The van der Waals surface area contributed by atoms with Crippen LogP contribution in [0.25, 0.3) is 11.3 Å². The number of ether oxygens (including phenoxy) is 1. The van der Waals surface area contributed by atoms with E-state index in [-0.39, 0.29) is 49.5 Å². The van der Waals surface area contributed by atoms with Gasteiger partial charge >= 0.3 is 0 Å². The van der Waals surface area contributed by atoms with E-state index in [0.29, 0.717) is 4.57 Å². The summed E-state index contributed by atoms with van der Waals surface area (Å²) in [6, 6.07) is 5.38.